The summed E-state index contributed by atoms with van der Waals surface area (Å²) in [5.41, 5.74) is 6.87. The SMILES string of the molecule is Cc1cc(C(=O)NCCCc2ccc(-c3ccc4c(c3)CC(=O)N4)cc2)n(C)n1. The highest BCUT2D eigenvalue weighted by molar-refractivity contribution is 5.99. The van der Waals surface area contributed by atoms with Crippen LogP contribution >= 0.6 is 0 Å². The molecular formula is C23H24N4O2. The van der Waals surface area contributed by atoms with E-state index in [-0.39, 0.29) is 11.8 Å². The number of anilines is 1. The molecule has 6 nitrogen and oxygen atoms in total. The van der Waals surface area contributed by atoms with E-state index < -0.39 is 0 Å². The zero-order valence-corrected chi connectivity index (χ0v) is 16.7. The minimum absolute atomic E-state index is 0.0538. The van der Waals surface area contributed by atoms with E-state index in [0.29, 0.717) is 18.7 Å². The molecule has 3 aromatic rings. The van der Waals surface area contributed by atoms with Crippen LogP contribution in [0.2, 0.25) is 0 Å². The van der Waals surface area contributed by atoms with Gasteiger partial charge in [-0.3, -0.25) is 14.3 Å². The zero-order chi connectivity index (χ0) is 20.4. The molecule has 4 rings (SSSR count). The Bertz CT molecular complexity index is 1070. The van der Waals surface area contributed by atoms with Gasteiger partial charge in [0.05, 0.1) is 12.1 Å². The normalized spacial score (nSPS) is 12.6. The number of benzene rings is 2. The lowest BCUT2D eigenvalue weighted by Crippen LogP contribution is -2.26. The summed E-state index contributed by atoms with van der Waals surface area (Å²) in [7, 11) is 1.78. The lowest BCUT2D eigenvalue weighted by atomic mass is 9.99. The predicted octanol–water partition coefficient (Wildman–Crippen LogP) is 3.25. The van der Waals surface area contributed by atoms with E-state index in [1.54, 1.807) is 17.8 Å². The molecule has 0 bridgehead atoms. The number of fused-ring (bicyclic) bond motifs is 1. The Kier molecular flexibility index (Phi) is 5.16. The Balaban J connectivity index is 1.30. The summed E-state index contributed by atoms with van der Waals surface area (Å²) in [6.07, 6.45) is 2.22. The first-order chi connectivity index (χ1) is 14.0. The maximum atomic E-state index is 12.2. The summed E-state index contributed by atoms with van der Waals surface area (Å²) in [5.74, 6) is -0.0360. The average Bonchev–Trinajstić information content (AvgIpc) is 3.25. The van der Waals surface area contributed by atoms with Gasteiger partial charge >= 0.3 is 0 Å². The lowest BCUT2D eigenvalue weighted by Gasteiger charge is -2.08. The minimum Gasteiger partial charge on any atom is -0.351 e. The molecule has 0 radical (unpaired) electrons. The Morgan fingerprint density at radius 1 is 1.14 bits per heavy atom. The van der Waals surface area contributed by atoms with Crippen molar-refractivity contribution in [1.82, 2.24) is 15.1 Å². The number of aromatic nitrogens is 2. The lowest BCUT2D eigenvalue weighted by molar-refractivity contribution is -0.115. The van der Waals surface area contributed by atoms with Crippen LogP contribution in [0, 0.1) is 6.92 Å². The summed E-state index contributed by atoms with van der Waals surface area (Å²) in [4.78, 5) is 23.7. The first-order valence-electron chi connectivity index (χ1n) is 9.80. The molecule has 0 saturated carbocycles. The van der Waals surface area contributed by atoms with Crippen LogP contribution in [0.1, 0.15) is 33.7 Å². The number of aryl methyl sites for hydroxylation is 3. The molecule has 0 saturated heterocycles. The van der Waals surface area contributed by atoms with Crippen molar-refractivity contribution in [3.05, 3.63) is 71.0 Å². The molecule has 1 aliphatic rings. The van der Waals surface area contributed by atoms with Crippen molar-refractivity contribution in [1.29, 1.82) is 0 Å². The molecule has 0 atom stereocenters. The maximum absolute atomic E-state index is 12.2. The third-order valence-electron chi connectivity index (χ3n) is 5.18. The van der Waals surface area contributed by atoms with Crippen molar-refractivity contribution < 1.29 is 9.59 Å². The Morgan fingerprint density at radius 3 is 2.62 bits per heavy atom. The van der Waals surface area contributed by atoms with Gasteiger partial charge < -0.3 is 10.6 Å². The fraction of sp³-hybridized carbons (Fsp3) is 0.261. The van der Waals surface area contributed by atoms with E-state index in [4.69, 9.17) is 0 Å². The average molecular weight is 388 g/mol. The van der Waals surface area contributed by atoms with Crippen LogP contribution in [-0.2, 0) is 24.7 Å². The summed E-state index contributed by atoms with van der Waals surface area (Å²) in [6, 6.07) is 16.3. The maximum Gasteiger partial charge on any atom is 0.269 e. The molecule has 2 amide bonds. The number of amides is 2. The number of hydrogen-bond acceptors (Lipinski definition) is 3. The van der Waals surface area contributed by atoms with E-state index in [2.05, 4.69) is 46.1 Å². The molecule has 0 spiro atoms. The Morgan fingerprint density at radius 2 is 1.90 bits per heavy atom. The second kappa shape index (κ2) is 7.91. The van der Waals surface area contributed by atoms with Crippen molar-refractivity contribution in [3.8, 4) is 11.1 Å². The van der Waals surface area contributed by atoms with Gasteiger partial charge in [0.25, 0.3) is 5.91 Å². The zero-order valence-electron chi connectivity index (χ0n) is 16.7. The van der Waals surface area contributed by atoms with Gasteiger partial charge in [0, 0.05) is 19.3 Å². The van der Waals surface area contributed by atoms with Crippen molar-refractivity contribution in [2.45, 2.75) is 26.2 Å². The molecule has 2 aromatic carbocycles. The highest BCUT2D eigenvalue weighted by atomic mass is 16.2. The van der Waals surface area contributed by atoms with Crippen LogP contribution in [0.25, 0.3) is 11.1 Å². The van der Waals surface area contributed by atoms with Gasteiger partial charge in [-0.15, -0.1) is 0 Å². The number of carbonyl (C=O) groups is 2. The number of rotatable bonds is 6. The predicted molar refractivity (Wildman–Crippen MR) is 113 cm³/mol. The van der Waals surface area contributed by atoms with E-state index in [0.717, 1.165) is 40.9 Å². The number of nitrogens with one attached hydrogen (secondary N) is 2. The third kappa shape index (κ3) is 4.21. The number of hydrogen-bond donors (Lipinski definition) is 2. The van der Waals surface area contributed by atoms with Crippen molar-refractivity contribution in [2.75, 3.05) is 11.9 Å². The van der Waals surface area contributed by atoms with Crippen molar-refractivity contribution in [2.24, 2.45) is 7.05 Å². The van der Waals surface area contributed by atoms with E-state index in [1.807, 2.05) is 19.1 Å². The molecule has 0 aliphatic carbocycles. The van der Waals surface area contributed by atoms with Crippen LogP contribution in [0.5, 0.6) is 0 Å². The second-order valence-corrected chi connectivity index (χ2v) is 7.45. The molecule has 1 aromatic heterocycles. The van der Waals surface area contributed by atoms with Gasteiger partial charge in [0.2, 0.25) is 5.91 Å². The van der Waals surface area contributed by atoms with Crippen molar-refractivity contribution >= 4 is 17.5 Å². The smallest absolute Gasteiger partial charge is 0.269 e. The van der Waals surface area contributed by atoms with Gasteiger partial charge in [-0.25, -0.2) is 0 Å². The molecule has 2 heterocycles. The molecule has 148 valence electrons. The fourth-order valence-corrected chi connectivity index (χ4v) is 3.68. The largest absolute Gasteiger partial charge is 0.351 e. The standard InChI is InChI=1S/C23H24N4O2/c1-15-12-21(27(2)26-15)23(29)24-11-3-4-16-5-7-17(8-6-16)18-9-10-20-19(13-18)14-22(28)25-20/h5-10,12-13H,3-4,11,14H2,1-2H3,(H,24,29)(H,25,28). The Labute approximate surface area is 169 Å². The quantitative estimate of drug-likeness (QED) is 0.637. The van der Waals surface area contributed by atoms with Gasteiger partial charge in [-0.2, -0.15) is 5.10 Å². The minimum atomic E-state index is -0.0898. The van der Waals surface area contributed by atoms with Gasteiger partial charge in [0.15, 0.2) is 0 Å². The molecular weight excluding hydrogens is 364 g/mol. The van der Waals surface area contributed by atoms with Gasteiger partial charge in [-0.05, 0) is 60.2 Å². The number of nitrogens with zero attached hydrogens (tertiary/aromatic N) is 2. The second-order valence-electron chi connectivity index (χ2n) is 7.45. The monoisotopic (exact) mass is 388 g/mol. The highest BCUT2D eigenvalue weighted by Gasteiger charge is 2.17. The van der Waals surface area contributed by atoms with Gasteiger partial charge in [-0.1, -0.05) is 30.3 Å². The molecule has 6 heteroatoms. The van der Waals surface area contributed by atoms with Crippen LogP contribution in [-0.4, -0.2) is 28.1 Å². The molecule has 0 fully saturated rings. The molecule has 29 heavy (non-hydrogen) atoms. The van der Waals surface area contributed by atoms with Crippen molar-refractivity contribution in [3.63, 3.8) is 0 Å². The van der Waals surface area contributed by atoms with Crippen LogP contribution < -0.4 is 10.6 Å². The summed E-state index contributed by atoms with van der Waals surface area (Å²) in [5, 5.41) is 10.0. The molecule has 1 aliphatic heterocycles. The van der Waals surface area contributed by atoms with E-state index in [1.165, 1.54) is 5.56 Å². The van der Waals surface area contributed by atoms with Gasteiger partial charge in [0.1, 0.15) is 5.69 Å². The van der Waals surface area contributed by atoms with E-state index in [9.17, 15) is 9.59 Å². The summed E-state index contributed by atoms with van der Waals surface area (Å²) >= 11 is 0. The first kappa shape index (κ1) is 18.9. The fourth-order valence-electron chi connectivity index (χ4n) is 3.68. The van der Waals surface area contributed by atoms with Crippen LogP contribution in [0.3, 0.4) is 0 Å². The summed E-state index contributed by atoms with van der Waals surface area (Å²) < 4.78 is 1.61. The number of carbonyl (C=O) groups excluding carboxylic acids is 2. The summed E-state index contributed by atoms with van der Waals surface area (Å²) in [6.45, 7) is 2.50. The van der Waals surface area contributed by atoms with E-state index >= 15 is 0 Å². The van der Waals surface area contributed by atoms with Crippen LogP contribution in [0.15, 0.2) is 48.5 Å². The topological polar surface area (TPSA) is 76.0 Å². The first-order valence-corrected chi connectivity index (χ1v) is 9.80. The third-order valence-corrected chi connectivity index (χ3v) is 5.18. The highest BCUT2D eigenvalue weighted by Crippen LogP contribution is 2.29. The van der Waals surface area contributed by atoms with Crippen LogP contribution in [0.4, 0.5) is 5.69 Å². The molecule has 2 N–H and O–H groups in total. The Hall–Kier alpha value is -3.41. The molecule has 0 unspecified atom stereocenters.